The lowest BCUT2D eigenvalue weighted by Gasteiger charge is -2.47. The lowest BCUT2D eigenvalue weighted by molar-refractivity contribution is -0.138. The first kappa shape index (κ1) is 19.4. The van der Waals surface area contributed by atoms with Gasteiger partial charge in [-0.05, 0) is 42.9 Å². The Hall–Kier alpha value is -2.96. The summed E-state index contributed by atoms with van der Waals surface area (Å²) in [6.45, 7) is 2.82. The monoisotopic (exact) mass is 394 g/mol. The third kappa shape index (κ3) is 4.39. The largest absolute Gasteiger partial charge is 0.342 e. The Kier molecular flexibility index (Phi) is 5.47. The zero-order valence-corrected chi connectivity index (χ0v) is 16.5. The van der Waals surface area contributed by atoms with Crippen LogP contribution in [0.2, 0.25) is 0 Å². The zero-order valence-electron chi connectivity index (χ0n) is 16.5. The van der Waals surface area contributed by atoms with Gasteiger partial charge >= 0.3 is 0 Å². The maximum Gasteiger partial charge on any atom is 0.255 e. The summed E-state index contributed by atoms with van der Waals surface area (Å²) in [4.78, 5) is 47.1. The van der Waals surface area contributed by atoms with Gasteiger partial charge in [0, 0.05) is 63.2 Å². The Bertz CT molecular complexity index is 912. The van der Waals surface area contributed by atoms with Gasteiger partial charge in [0.25, 0.3) is 5.91 Å². The molecule has 0 radical (unpaired) electrons. The maximum atomic E-state index is 12.7. The number of aromatic nitrogens is 2. The molecule has 1 N–H and O–H groups in total. The Morgan fingerprint density at radius 3 is 2.62 bits per heavy atom. The van der Waals surface area contributed by atoms with Crippen molar-refractivity contribution in [3.63, 3.8) is 0 Å². The fourth-order valence-corrected chi connectivity index (χ4v) is 4.42. The normalized spacial score (nSPS) is 18.8. The van der Waals surface area contributed by atoms with Crippen LogP contribution in [0.15, 0.2) is 47.5 Å². The van der Waals surface area contributed by atoms with E-state index in [0.29, 0.717) is 31.6 Å². The smallest absolute Gasteiger partial charge is 0.255 e. The van der Waals surface area contributed by atoms with Crippen molar-refractivity contribution in [2.24, 2.45) is 5.41 Å². The lowest BCUT2D eigenvalue weighted by Crippen LogP contribution is -2.52. The van der Waals surface area contributed by atoms with Crippen LogP contribution in [0, 0.1) is 5.41 Å². The molecule has 2 aromatic rings. The highest BCUT2D eigenvalue weighted by molar-refractivity contribution is 5.93. The van der Waals surface area contributed by atoms with E-state index in [2.05, 4.69) is 9.97 Å². The molecule has 4 heterocycles. The Morgan fingerprint density at radius 1 is 1.10 bits per heavy atom. The summed E-state index contributed by atoms with van der Waals surface area (Å²) in [7, 11) is 0. The summed E-state index contributed by atoms with van der Waals surface area (Å²) in [5.74, 6) is 0.174. The minimum absolute atomic E-state index is 0.0463. The highest BCUT2D eigenvalue weighted by Crippen LogP contribution is 2.40. The average molecular weight is 394 g/mol. The third-order valence-corrected chi connectivity index (χ3v) is 6.25. The molecule has 2 amide bonds. The van der Waals surface area contributed by atoms with Crippen LogP contribution in [0.3, 0.4) is 0 Å². The molecule has 0 aromatic carbocycles. The molecule has 0 aliphatic carbocycles. The third-order valence-electron chi connectivity index (χ3n) is 6.25. The molecule has 2 aliphatic rings. The molecule has 29 heavy (non-hydrogen) atoms. The van der Waals surface area contributed by atoms with E-state index in [0.717, 1.165) is 37.9 Å². The molecule has 0 saturated carbocycles. The number of pyridine rings is 2. The fourth-order valence-electron chi connectivity index (χ4n) is 4.42. The minimum atomic E-state index is -0.211. The second-order valence-corrected chi connectivity index (χ2v) is 8.12. The molecule has 2 fully saturated rings. The number of hydrogen-bond acceptors (Lipinski definition) is 4. The Morgan fingerprint density at radius 2 is 1.93 bits per heavy atom. The summed E-state index contributed by atoms with van der Waals surface area (Å²) in [5, 5.41) is 0. The maximum absolute atomic E-state index is 12.7. The summed E-state index contributed by atoms with van der Waals surface area (Å²) >= 11 is 0. The number of rotatable bonds is 4. The van der Waals surface area contributed by atoms with Crippen LogP contribution in [0.5, 0.6) is 0 Å². The Balaban J connectivity index is 1.35. The van der Waals surface area contributed by atoms with E-state index in [1.54, 1.807) is 12.3 Å². The van der Waals surface area contributed by atoms with Crippen molar-refractivity contribution >= 4 is 11.8 Å². The predicted octanol–water partition coefficient (Wildman–Crippen LogP) is 1.86. The van der Waals surface area contributed by atoms with E-state index in [9.17, 15) is 14.4 Å². The molecule has 4 rings (SSSR count). The van der Waals surface area contributed by atoms with Crippen molar-refractivity contribution in [2.45, 2.75) is 32.1 Å². The number of hydrogen-bond donors (Lipinski definition) is 1. The Labute approximate surface area is 169 Å². The first-order valence-electron chi connectivity index (χ1n) is 10.2. The SMILES string of the molecule is O=C1CCC2(CCN(C(=O)c3ccc(=O)[nH]c3)CC2)CN1CCc1ccccn1. The van der Waals surface area contributed by atoms with E-state index >= 15 is 0 Å². The van der Waals surface area contributed by atoms with Gasteiger partial charge in [0.2, 0.25) is 11.5 Å². The standard InChI is InChI=1S/C22H26N4O3/c27-19-5-4-17(15-24-19)21(29)25-13-9-22(10-14-25)8-6-20(28)26(16-22)12-7-18-3-1-2-11-23-18/h1-5,11,15H,6-10,12-14,16H2,(H,24,27). The first-order valence-corrected chi connectivity index (χ1v) is 10.2. The van der Waals surface area contributed by atoms with E-state index in [4.69, 9.17) is 0 Å². The molecule has 7 heteroatoms. The van der Waals surface area contributed by atoms with Crippen molar-refractivity contribution in [1.82, 2.24) is 19.8 Å². The fraction of sp³-hybridized carbons (Fsp3) is 0.455. The van der Waals surface area contributed by atoms with Gasteiger partial charge in [0.15, 0.2) is 0 Å². The van der Waals surface area contributed by atoms with Crippen LogP contribution in [-0.2, 0) is 11.2 Å². The van der Waals surface area contributed by atoms with Crippen molar-refractivity contribution in [2.75, 3.05) is 26.2 Å². The van der Waals surface area contributed by atoms with Gasteiger partial charge < -0.3 is 14.8 Å². The van der Waals surface area contributed by atoms with E-state index in [-0.39, 0.29) is 22.8 Å². The van der Waals surface area contributed by atoms with Crippen LogP contribution in [-0.4, -0.2) is 57.8 Å². The number of likely N-dealkylation sites (tertiary alicyclic amines) is 2. The molecular weight excluding hydrogens is 368 g/mol. The number of carbonyl (C=O) groups is 2. The second kappa shape index (κ2) is 8.19. The summed E-state index contributed by atoms with van der Waals surface area (Å²) in [5.41, 5.74) is 1.40. The van der Waals surface area contributed by atoms with Gasteiger partial charge in [-0.15, -0.1) is 0 Å². The van der Waals surface area contributed by atoms with E-state index in [1.807, 2.05) is 28.0 Å². The molecule has 2 aliphatic heterocycles. The van der Waals surface area contributed by atoms with Gasteiger partial charge in [-0.2, -0.15) is 0 Å². The summed E-state index contributed by atoms with van der Waals surface area (Å²) in [6, 6.07) is 8.81. The first-order chi connectivity index (χ1) is 14.0. The number of amides is 2. The summed E-state index contributed by atoms with van der Waals surface area (Å²) < 4.78 is 0. The predicted molar refractivity (Wildman–Crippen MR) is 108 cm³/mol. The van der Waals surface area contributed by atoms with Crippen molar-refractivity contribution < 1.29 is 9.59 Å². The van der Waals surface area contributed by atoms with E-state index < -0.39 is 0 Å². The van der Waals surface area contributed by atoms with Gasteiger partial charge in [0.05, 0.1) is 5.56 Å². The average Bonchev–Trinajstić information content (AvgIpc) is 2.76. The van der Waals surface area contributed by atoms with E-state index in [1.165, 1.54) is 12.3 Å². The zero-order chi connectivity index (χ0) is 20.3. The van der Waals surface area contributed by atoms with Gasteiger partial charge in [-0.25, -0.2) is 0 Å². The van der Waals surface area contributed by atoms with Crippen molar-refractivity contribution in [3.8, 4) is 0 Å². The minimum Gasteiger partial charge on any atom is -0.342 e. The van der Waals surface area contributed by atoms with Gasteiger partial charge in [0.1, 0.15) is 0 Å². The van der Waals surface area contributed by atoms with Gasteiger partial charge in [-0.3, -0.25) is 19.4 Å². The lowest BCUT2D eigenvalue weighted by atomic mass is 9.72. The molecule has 152 valence electrons. The van der Waals surface area contributed by atoms with Crippen LogP contribution in [0.25, 0.3) is 0 Å². The van der Waals surface area contributed by atoms with Crippen LogP contribution >= 0.6 is 0 Å². The number of carbonyl (C=O) groups excluding carboxylic acids is 2. The van der Waals surface area contributed by atoms with Crippen molar-refractivity contribution in [1.29, 1.82) is 0 Å². The molecule has 0 atom stereocenters. The molecule has 2 aromatic heterocycles. The second-order valence-electron chi connectivity index (χ2n) is 8.12. The van der Waals surface area contributed by atoms with Crippen LogP contribution in [0.4, 0.5) is 0 Å². The topological polar surface area (TPSA) is 86.4 Å². The number of nitrogens with zero attached hydrogens (tertiary/aromatic N) is 3. The number of nitrogens with one attached hydrogen (secondary N) is 1. The molecule has 0 bridgehead atoms. The van der Waals surface area contributed by atoms with Crippen LogP contribution in [0.1, 0.15) is 41.7 Å². The van der Waals surface area contributed by atoms with Crippen LogP contribution < -0.4 is 5.56 Å². The van der Waals surface area contributed by atoms with Gasteiger partial charge in [-0.1, -0.05) is 6.07 Å². The number of piperidine rings is 2. The molecular formula is C22H26N4O3. The highest BCUT2D eigenvalue weighted by atomic mass is 16.2. The number of H-pyrrole nitrogens is 1. The summed E-state index contributed by atoms with van der Waals surface area (Å²) in [6.07, 6.45) is 7.30. The highest BCUT2D eigenvalue weighted by Gasteiger charge is 2.41. The molecule has 1 spiro atoms. The molecule has 0 unspecified atom stereocenters. The molecule has 2 saturated heterocycles. The van der Waals surface area contributed by atoms with Crippen molar-refractivity contribution in [3.05, 3.63) is 64.3 Å². The quantitative estimate of drug-likeness (QED) is 0.858. The number of aromatic amines is 1. The molecule has 7 nitrogen and oxygen atoms in total.